The zero-order chi connectivity index (χ0) is 16.8. The fraction of sp³-hybridized carbons (Fsp3) is 0.176. The standard InChI is InChI=1S/C17H17NO5/c1-11(23-17(21)12-6-5-7-13(19)10-12)16(20)18-14-8-3-4-9-15(14)22-2/h3-11,19H,1-2H3,(H,18,20)/t11-/m1/s1. The second-order valence-corrected chi connectivity index (χ2v) is 4.79. The topological polar surface area (TPSA) is 84.9 Å². The summed E-state index contributed by atoms with van der Waals surface area (Å²) in [5.74, 6) is -0.718. The summed E-state index contributed by atoms with van der Waals surface area (Å²) in [6.07, 6.45) is -1.00. The number of ether oxygens (including phenoxy) is 2. The van der Waals surface area contributed by atoms with E-state index in [4.69, 9.17) is 9.47 Å². The number of hydrogen-bond acceptors (Lipinski definition) is 5. The number of anilines is 1. The van der Waals surface area contributed by atoms with Crippen molar-refractivity contribution in [3.05, 3.63) is 54.1 Å². The summed E-state index contributed by atoms with van der Waals surface area (Å²) >= 11 is 0. The maximum absolute atomic E-state index is 12.1. The average molecular weight is 315 g/mol. The summed E-state index contributed by atoms with van der Waals surface area (Å²) < 4.78 is 10.2. The van der Waals surface area contributed by atoms with Crippen LogP contribution in [-0.4, -0.2) is 30.2 Å². The predicted molar refractivity (Wildman–Crippen MR) is 84.6 cm³/mol. The summed E-state index contributed by atoms with van der Waals surface area (Å²) in [6.45, 7) is 1.46. The molecule has 1 atom stereocenters. The maximum atomic E-state index is 12.1. The van der Waals surface area contributed by atoms with Gasteiger partial charge < -0.3 is 19.9 Å². The van der Waals surface area contributed by atoms with Crippen LogP contribution < -0.4 is 10.1 Å². The molecule has 6 heteroatoms. The Morgan fingerprint density at radius 2 is 1.87 bits per heavy atom. The van der Waals surface area contributed by atoms with Crippen LogP contribution in [0.5, 0.6) is 11.5 Å². The molecule has 0 aliphatic carbocycles. The smallest absolute Gasteiger partial charge is 0.339 e. The molecular weight excluding hydrogens is 298 g/mol. The van der Waals surface area contributed by atoms with Crippen LogP contribution in [0.2, 0.25) is 0 Å². The van der Waals surface area contributed by atoms with Crippen molar-refractivity contribution in [1.29, 1.82) is 0 Å². The highest BCUT2D eigenvalue weighted by Crippen LogP contribution is 2.23. The molecule has 1 amide bonds. The van der Waals surface area contributed by atoms with E-state index in [0.29, 0.717) is 11.4 Å². The van der Waals surface area contributed by atoms with Gasteiger partial charge in [-0.25, -0.2) is 4.79 Å². The van der Waals surface area contributed by atoms with E-state index in [0.717, 1.165) is 0 Å². The number of methoxy groups -OCH3 is 1. The van der Waals surface area contributed by atoms with E-state index in [9.17, 15) is 14.7 Å². The zero-order valence-electron chi connectivity index (χ0n) is 12.8. The molecular formula is C17H17NO5. The number of carbonyl (C=O) groups is 2. The molecule has 2 N–H and O–H groups in total. The molecule has 0 saturated heterocycles. The Balaban J connectivity index is 2.01. The lowest BCUT2D eigenvalue weighted by atomic mass is 10.2. The third kappa shape index (κ3) is 4.23. The fourth-order valence-electron chi connectivity index (χ4n) is 1.90. The first-order valence-corrected chi connectivity index (χ1v) is 6.95. The Morgan fingerprint density at radius 3 is 2.57 bits per heavy atom. The molecule has 120 valence electrons. The minimum atomic E-state index is -1.00. The molecule has 0 unspecified atom stereocenters. The van der Waals surface area contributed by atoms with Crippen molar-refractivity contribution in [3.63, 3.8) is 0 Å². The molecule has 0 aromatic heterocycles. The van der Waals surface area contributed by atoms with E-state index in [-0.39, 0.29) is 11.3 Å². The summed E-state index contributed by atoms with van der Waals surface area (Å²) in [5, 5.41) is 12.0. The second-order valence-electron chi connectivity index (χ2n) is 4.79. The van der Waals surface area contributed by atoms with Crippen LogP contribution in [0.1, 0.15) is 17.3 Å². The number of rotatable bonds is 5. The van der Waals surface area contributed by atoms with Crippen LogP contribution >= 0.6 is 0 Å². The van der Waals surface area contributed by atoms with Crippen LogP contribution in [0.3, 0.4) is 0 Å². The van der Waals surface area contributed by atoms with Crippen molar-refractivity contribution in [1.82, 2.24) is 0 Å². The monoisotopic (exact) mass is 315 g/mol. The van der Waals surface area contributed by atoms with Crippen molar-refractivity contribution in [3.8, 4) is 11.5 Å². The lowest BCUT2D eigenvalue weighted by Crippen LogP contribution is -2.30. The van der Waals surface area contributed by atoms with Gasteiger partial charge in [0, 0.05) is 0 Å². The lowest BCUT2D eigenvalue weighted by molar-refractivity contribution is -0.123. The Kier molecular flexibility index (Phi) is 5.19. The highest BCUT2D eigenvalue weighted by atomic mass is 16.5. The highest BCUT2D eigenvalue weighted by Gasteiger charge is 2.20. The lowest BCUT2D eigenvalue weighted by Gasteiger charge is -2.15. The second kappa shape index (κ2) is 7.31. The maximum Gasteiger partial charge on any atom is 0.339 e. The summed E-state index contributed by atoms with van der Waals surface area (Å²) in [6, 6.07) is 12.6. The Morgan fingerprint density at radius 1 is 1.13 bits per heavy atom. The molecule has 0 aliphatic rings. The van der Waals surface area contributed by atoms with E-state index >= 15 is 0 Å². The van der Waals surface area contributed by atoms with Gasteiger partial charge in [-0.15, -0.1) is 0 Å². The van der Waals surface area contributed by atoms with Gasteiger partial charge in [0.1, 0.15) is 11.5 Å². The number of phenolic OH excluding ortho intramolecular Hbond substituents is 1. The Labute approximate surface area is 133 Å². The molecule has 0 heterocycles. The number of nitrogens with one attached hydrogen (secondary N) is 1. The summed E-state index contributed by atoms with van der Waals surface area (Å²) in [5.41, 5.74) is 0.655. The van der Waals surface area contributed by atoms with Crippen LogP contribution in [0, 0.1) is 0 Å². The molecule has 0 aliphatic heterocycles. The van der Waals surface area contributed by atoms with Gasteiger partial charge in [0.2, 0.25) is 0 Å². The largest absolute Gasteiger partial charge is 0.508 e. The average Bonchev–Trinajstić information content (AvgIpc) is 2.55. The number of para-hydroxylation sites is 2. The molecule has 0 fully saturated rings. The van der Waals surface area contributed by atoms with Gasteiger partial charge in [0.05, 0.1) is 18.4 Å². The van der Waals surface area contributed by atoms with Gasteiger partial charge in [-0.05, 0) is 37.3 Å². The van der Waals surface area contributed by atoms with Crippen molar-refractivity contribution < 1.29 is 24.2 Å². The third-order valence-corrected chi connectivity index (χ3v) is 3.10. The number of benzene rings is 2. The number of hydrogen-bond donors (Lipinski definition) is 2. The first-order chi connectivity index (χ1) is 11.0. The van der Waals surface area contributed by atoms with Gasteiger partial charge in [0.25, 0.3) is 5.91 Å². The number of carbonyl (C=O) groups excluding carboxylic acids is 2. The Bertz CT molecular complexity index is 714. The van der Waals surface area contributed by atoms with Crippen molar-refractivity contribution in [2.75, 3.05) is 12.4 Å². The molecule has 0 saturated carbocycles. The molecule has 23 heavy (non-hydrogen) atoms. The fourth-order valence-corrected chi connectivity index (χ4v) is 1.90. The van der Waals surface area contributed by atoms with E-state index in [1.54, 1.807) is 24.3 Å². The molecule has 0 bridgehead atoms. The molecule has 0 spiro atoms. The first kappa shape index (κ1) is 16.4. The summed E-state index contributed by atoms with van der Waals surface area (Å²) in [4.78, 5) is 24.1. The predicted octanol–water partition coefficient (Wildman–Crippen LogP) is 2.58. The van der Waals surface area contributed by atoms with Crippen LogP contribution in [0.25, 0.3) is 0 Å². The van der Waals surface area contributed by atoms with Gasteiger partial charge in [-0.3, -0.25) is 4.79 Å². The summed E-state index contributed by atoms with van der Waals surface area (Å²) in [7, 11) is 1.50. The zero-order valence-corrected chi connectivity index (χ0v) is 12.8. The SMILES string of the molecule is COc1ccccc1NC(=O)[C@@H](C)OC(=O)c1cccc(O)c1. The molecule has 6 nitrogen and oxygen atoms in total. The minimum Gasteiger partial charge on any atom is -0.508 e. The van der Waals surface area contributed by atoms with Crippen molar-refractivity contribution >= 4 is 17.6 Å². The van der Waals surface area contributed by atoms with Gasteiger partial charge >= 0.3 is 5.97 Å². The van der Waals surface area contributed by atoms with E-state index < -0.39 is 18.0 Å². The van der Waals surface area contributed by atoms with Gasteiger partial charge in [0.15, 0.2) is 6.10 Å². The van der Waals surface area contributed by atoms with Crippen molar-refractivity contribution in [2.45, 2.75) is 13.0 Å². The molecule has 2 aromatic rings. The molecule has 2 aromatic carbocycles. The number of amides is 1. The van der Waals surface area contributed by atoms with Crippen molar-refractivity contribution in [2.24, 2.45) is 0 Å². The molecule has 2 rings (SSSR count). The van der Waals surface area contributed by atoms with E-state index in [1.165, 1.54) is 38.3 Å². The van der Waals surface area contributed by atoms with Gasteiger partial charge in [-0.2, -0.15) is 0 Å². The van der Waals surface area contributed by atoms with Crippen LogP contribution in [0.4, 0.5) is 5.69 Å². The quantitative estimate of drug-likeness (QED) is 0.828. The normalized spacial score (nSPS) is 11.4. The highest BCUT2D eigenvalue weighted by molar-refractivity contribution is 5.98. The Hall–Kier alpha value is -3.02. The van der Waals surface area contributed by atoms with E-state index in [2.05, 4.69) is 5.32 Å². The molecule has 0 radical (unpaired) electrons. The first-order valence-electron chi connectivity index (χ1n) is 6.95. The number of esters is 1. The van der Waals surface area contributed by atoms with Crippen LogP contribution in [0.15, 0.2) is 48.5 Å². The number of aromatic hydroxyl groups is 1. The van der Waals surface area contributed by atoms with Crippen LogP contribution in [-0.2, 0) is 9.53 Å². The van der Waals surface area contributed by atoms with Gasteiger partial charge in [-0.1, -0.05) is 18.2 Å². The van der Waals surface area contributed by atoms with E-state index in [1.807, 2.05) is 0 Å². The third-order valence-electron chi connectivity index (χ3n) is 3.10. The number of phenols is 1. The minimum absolute atomic E-state index is 0.0504.